The SMILES string of the molecule is CC[C@H](Oc1cc(Cl)ccc1Cl)C(=O)NNC(=O)/C=C/C(=O)[O-]. The molecule has 2 amide bonds. The summed E-state index contributed by atoms with van der Waals surface area (Å²) in [5.74, 6) is -2.78. The summed E-state index contributed by atoms with van der Waals surface area (Å²) in [5, 5.41) is 10.8. The minimum Gasteiger partial charge on any atom is -0.545 e. The lowest BCUT2D eigenvalue weighted by molar-refractivity contribution is -0.297. The fraction of sp³-hybridized carbons (Fsp3) is 0.214. The summed E-state index contributed by atoms with van der Waals surface area (Å²) in [6.07, 6.45) is 0.586. The van der Waals surface area contributed by atoms with Crippen LogP contribution in [0.15, 0.2) is 30.4 Å². The number of nitrogens with one attached hydrogen (secondary N) is 2. The Morgan fingerprint density at radius 1 is 1.26 bits per heavy atom. The van der Waals surface area contributed by atoms with Crippen LogP contribution in [0.3, 0.4) is 0 Å². The Balaban J connectivity index is 2.63. The largest absolute Gasteiger partial charge is 0.545 e. The van der Waals surface area contributed by atoms with E-state index in [1.807, 2.05) is 5.43 Å². The van der Waals surface area contributed by atoms with Crippen LogP contribution < -0.4 is 20.7 Å². The molecule has 0 fully saturated rings. The number of aliphatic carboxylic acids is 1. The fourth-order valence-electron chi connectivity index (χ4n) is 1.43. The molecular weight excluding hydrogens is 347 g/mol. The van der Waals surface area contributed by atoms with Gasteiger partial charge in [-0.3, -0.25) is 20.4 Å². The van der Waals surface area contributed by atoms with E-state index in [0.29, 0.717) is 23.6 Å². The van der Waals surface area contributed by atoms with Crippen molar-refractivity contribution in [2.24, 2.45) is 0 Å². The highest BCUT2D eigenvalue weighted by molar-refractivity contribution is 6.34. The van der Waals surface area contributed by atoms with E-state index in [1.54, 1.807) is 13.0 Å². The molecule has 0 aromatic heterocycles. The van der Waals surface area contributed by atoms with Crippen LogP contribution in [0.5, 0.6) is 5.75 Å². The highest BCUT2D eigenvalue weighted by Crippen LogP contribution is 2.28. The topological polar surface area (TPSA) is 108 Å². The van der Waals surface area contributed by atoms with Crippen LogP contribution in [0.1, 0.15) is 13.3 Å². The molecule has 124 valence electrons. The standard InChI is InChI=1S/C14H14Cl2N2O5/c1-2-10(23-11-7-8(15)3-4-9(11)16)14(22)18-17-12(19)5-6-13(20)21/h3-7,10H,2H2,1H3,(H,17,19)(H,18,22)(H,20,21)/p-1/b6-5+/t10-/m0/s1. The van der Waals surface area contributed by atoms with Gasteiger partial charge in [0.15, 0.2) is 6.10 Å². The molecule has 0 aliphatic heterocycles. The molecule has 0 unspecified atom stereocenters. The third-order valence-corrected chi connectivity index (χ3v) is 3.05. The number of hydrogen-bond donors (Lipinski definition) is 2. The highest BCUT2D eigenvalue weighted by Gasteiger charge is 2.20. The van der Waals surface area contributed by atoms with Gasteiger partial charge in [0.25, 0.3) is 11.8 Å². The molecule has 23 heavy (non-hydrogen) atoms. The molecule has 7 nitrogen and oxygen atoms in total. The van der Waals surface area contributed by atoms with Gasteiger partial charge in [-0.1, -0.05) is 30.1 Å². The number of carboxylic acid groups (broad SMARTS) is 1. The first-order valence-electron chi connectivity index (χ1n) is 6.44. The van der Waals surface area contributed by atoms with Crippen molar-refractivity contribution >= 4 is 41.0 Å². The molecule has 1 atom stereocenters. The highest BCUT2D eigenvalue weighted by atomic mass is 35.5. The number of carbonyl (C=O) groups excluding carboxylic acids is 3. The van der Waals surface area contributed by atoms with Crippen LogP contribution in [0.4, 0.5) is 0 Å². The first-order valence-corrected chi connectivity index (χ1v) is 7.19. The normalized spacial score (nSPS) is 11.8. The van der Waals surface area contributed by atoms with Crippen molar-refractivity contribution in [2.45, 2.75) is 19.4 Å². The van der Waals surface area contributed by atoms with Crippen LogP contribution in [-0.2, 0) is 14.4 Å². The first kappa shape index (κ1) is 18.8. The van der Waals surface area contributed by atoms with E-state index in [2.05, 4.69) is 5.43 Å². The zero-order chi connectivity index (χ0) is 17.4. The quantitative estimate of drug-likeness (QED) is 0.571. The van der Waals surface area contributed by atoms with Crippen LogP contribution in [0, 0.1) is 0 Å². The third kappa shape index (κ3) is 6.58. The Labute approximate surface area is 142 Å². The number of halogens is 2. The van der Waals surface area contributed by atoms with Gasteiger partial charge in [-0.15, -0.1) is 0 Å². The third-order valence-electron chi connectivity index (χ3n) is 2.51. The molecule has 0 radical (unpaired) electrons. The number of carboxylic acids is 1. The Morgan fingerprint density at radius 2 is 1.96 bits per heavy atom. The van der Waals surface area contributed by atoms with Gasteiger partial charge in [0.1, 0.15) is 5.75 Å². The van der Waals surface area contributed by atoms with Crippen molar-refractivity contribution in [3.05, 3.63) is 40.4 Å². The number of amides is 2. The van der Waals surface area contributed by atoms with Crippen molar-refractivity contribution in [1.29, 1.82) is 0 Å². The van der Waals surface area contributed by atoms with Crippen LogP contribution in [0.25, 0.3) is 0 Å². The maximum atomic E-state index is 11.9. The van der Waals surface area contributed by atoms with Gasteiger partial charge < -0.3 is 14.6 Å². The zero-order valence-corrected chi connectivity index (χ0v) is 13.5. The van der Waals surface area contributed by atoms with Crippen molar-refractivity contribution < 1.29 is 24.2 Å². The van der Waals surface area contributed by atoms with Crippen LogP contribution in [0.2, 0.25) is 10.0 Å². The minimum atomic E-state index is -1.53. The predicted octanol–water partition coefficient (Wildman–Crippen LogP) is 0.604. The second-order valence-corrected chi connectivity index (χ2v) is 5.06. The monoisotopic (exact) mass is 359 g/mol. The van der Waals surface area contributed by atoms with Gasteiger partial charge in [0.2, 0.25) is 0 Å². The molecule has 0 aliphatic rings. The van der Waals surface area contributed by atoms with Crippen LogP contribution in [-0.4, -0.2) is 23.9 Å². The van der Waals surface area contributed by atoms with E-state index in [4.69, 9.17) is 27.9 Å². The van der Waals surface area contributed by atoms with E-state index in [9.17, 15) is 19.5 Å². The van der Waals surface area contributed by atoms with E-state index in [-0.39, 0.29) is 10.8 Å². The number of carbonyl (C=O) groups is 3. The summed E-state index contributed by atoms with van der Waals surface area (Å²) in [6, 6.07) is 4.55. The van der Waals surface area contributed by atoms with E-state index >= 15 is 0 Å². The molecular formula is C14H13Cl2N2O5-. The maximum Gasteiger partial charge on any atom is 0.279 e. The van der Waals surface area contributed by atoms with Crippen molar-refractivity contribution in [3.8, 4) is 5.75 Å². The van der Waals surface area contributed by atoms with Crippen LogP contribution >= 0.6 is 23.2 Å². The number of benzene rings is 1. The molecule has 0 bridgehead atoms. The van der Waals surface area contributed by atoms with Gasteiger partial charge in [0, 0.05) is 17.2 Å². The molecule has 1 aromatic carbocycles. The van der Waals surface area contributed by atoms with Gasteiger partial charge >= 0.3 is 0 Å². The molecule has 2 N–H and O–H groups in total. The number of ether oxygens (including phenoxy) is 1. The second-order valence-electron chi connectivity index (χ2n) is 4.22. The predicted molar refractivity (Wildman–Crippen MR) is 81.6 cm³/mol. The Hall–Kier alpha value is -2.25. The fourth-order valence-corrected chi connectivity index (χ4v) is 1.76. The lowest BCUT2D eigenvalue weighted by atomic mass is 10.2. The summed E-state index contributed by atoms with van der Waals surface area (Å²) >= 11 is 11.8. The van der Waals surface area contributed by atoms with Crippen molar-refractivity contribution in [2.75, 3.05) is 0 Å². The lowest BCUT2D eigenvalue weighted by Crippen LogP contribution is -2.47. The van der Waals surface area contributed by atoms with E-state index in [1.165, 1.54) is 12.1 Å². The molecule has 0 saturated heterocycles. The Bertz CT molecular complexity index is 634. The van der Waals surface area contributed by atoms with Gasteiger partial charge in [0.05, 0.1) is 11.0 Å². The summed E-state index contributed by atoms with van der Waals surface area (Å²) < 4.78 is 5.47. The lowest BCUT2D eigenvalue weighted by Gasteiger charge is -2.18. The van der Waals surface area contributed by atoms with Gasteiger partial charge in [-0.05, 0) is 24.6 Å². The average Bonchev–Trinajstić information content (AvgIpc) is 2.51. The van der Waals surface area contributed by atoms with E-state index in [0.717, 1.165) is 0 Å². The Kier molecular flexibility index (Phi) is 7.37. The second kappa shape index (κ2) is 9.02. The number of hydrazine groups is 1. The zero-order valence-electron chi connectivity index (χ0n) is 12.0. The van der Waals surface area contributed by atoms with E-state index < -0.39 is 23.9 Å². The molecule has 0 heterocycles. The van der Waals surface area contributed by atoms with Gasteiger partial charge in [-0.2, -0.15) is 0 Å². The number of rotatable bonds is 6. The molecule has 0 saturated carbocycles. The summed E-state index contributed by atoms with van der Waals surface area (Å²) in [6.45, 7) is 1.69. The smallest absolute Gasteiger partial charge is 0.279 e. The summed E-state index contributed by atoms with van der Waals surface area (Å²) in [4.78, 5) is 33.3. The Morgan fingerprint density at radius 3 is 2.57 bits per heavy atom. The average molecular weight is 360 g/mol. The molecule has 9 heteroatoms. The summed E-state index contributed by atoms with van der Waals surface area (Å²) in [7, 11) is 0. The molecule has 0 aliphatic carbocycles. The summed E-state index contributed by atoms with van der Waals surface area (Å²) in [5.41, 5.74) is 4.12. The molecule has 1 aromatic rings. The van der Waals surface area contributed by atoms with Gasteiger partial charge in [-0.25, -0.2) is 0 Å². The maximum absolute atomic E-state index is 11.9. The first-order chi connectivity index (χ1) is 10.8. The van der Waals surface area contributed by atoms with Crippen molar-refractivity contribution in [1.82, 2.24) is 10.9 Å². The van der Waals surface area contributed by atoms with Crippen molar-refractivity contribution in [3.63, 3.8) is 0 Å². The number of hydrogen-bond acceptors (Lipinski definition) is 5. The molecule has 0 spiro atoms. The minimum absolute atomic E-state index is 0.226. The molecule has 1 rings (SSSR count).